The molecular formula is C21H26INO2. The molecule has 0 aliphatic heterocycles. The van der Waals surface area contributed by atoms with E-state index in [4.69, 9.17) is 4.74 Å². The summed E-state index contributed by atoms with van der Waals surface area (Å²) in [7, 11) is 0. The molecule has 4 heteroatoms. The van der Waals surface area contributed by atoms with Crippen molar-refractivity contribution in [3.05, 3.63) is 54.4 Å². The first-order chi connectivity index (χ1) is 11.8. The zero-order valence-electron chi connectivity index (χ0n) is 14.8. The first-order valence-electron chi connectivity index (χ1n) is 9.03. The van der Waals surface area contributed by atoms with Crippen LogP contribution in [-0.2, 0) is 11.3 Å². The molecule has 1 saturated carbocycles. The van der Waals surface area contributed by atoms with E-state index in [0.717, 1.165) is 17.7 Å². The van der Waals surface area contributed by atoms with Crippen LogP contribution in [0.4, 0.5) is 0 Å². The topological polar surface area (TPSA) is 30.2 Å². The second-order valence-corrected chi connectivity index (χ2v) is 6.57. The van der Waals surface area contributed by atoms with E-state index in [-0.39, 0.29) is 29.9 Å². The fraction of sp³-hybridized carbons (Fsp3) is 0.429. The Labute approximate surface area is 167 Å². The second-order valence-electron chi connectivity index (χ2n) is 6.57. The number of carbonyl (C=O) groups excluding carboxylic acids is 1. The number of ether oxygens (including phenoxy) is 1. The van der Waals surface area contributed by atoms with Crippen LogP contribution < -0.4 is 28.5 Å². The first kappa shape index (κ1) is 19.9. The van der Waals surface area contributed by atoms with Crippen LogP contribution >= 0.6 is 0 Å². The molecule has 0 spiro atoms. The molecule has 3 rings (SSSR count). The Hall–Kier alpha value is -1.43. The van der Waals surface area contributed by atoms with Crippen molar-refractivity contribution in [2.45, 2.75) is 45.6 Å². The highest BCUT2D eigenvalue weighted by Crippen LogP contribution is 2.26. The standard InChI is InChI=1S/C21H26NO2.HI/c1-2-22-14-13-19(18-11-7-4-8-12-18)20(15-22)21(23)24-16-17-9-5-3-6-10-17;/h4,7-8,11-15,17H,2-3,5-6,9-10,16H2,1H3;1H/q+1;/p-1. The molecule has 0 amide bonds. The van der Waals surface area contributed by atoms with Crippen molar-refractivity contribution in [2.24, 2.45) is 5.92 Å². The fourth-order valence-corrected chi connectivity index (χ4v) is 3.39. The van der Waals surface area contributed by atoms with Crippen molar-refractivity contribution in [1.82, 2.24) is 0 Å². The van der Waals surface area contributed by atoms with Crippen LogP contribution in [0.25, 0.3) is 11.1 Å². The van der Waals surface area contributed by atoms with Gasteiger partial charge in [-0.2, -0.15) is 0 Å². The molecule has 1 aromatic heterocycles. The summed E-state index contributed by atoms with van der Waals surface area (Å²) in [6.07, 6.45) is 10.1. The van der Waals surface area contributed by atoms with Crippen molar-refractivity contribution in [1.29, 1.82) is 0 Å². The van der Waals surface area contributed by atoms with Crippen LogP contribution in [0.2, 0.25) is 0 Å². The maximum Gasteiger partial charge on any atom is 0.344 e. The molecule has 1 aromatic carbocycles. The lowest BCUT2D eigenvalue weighted by molar-refractivity contribution is -0.693. The third-order valence-corrected chi connectivity index (χ3v) is 4.86. The third-order valence-electron chi connectivity index (χ3n) is 4.86. The average molecular weight is 451 g/mol. The summed E-state index contributed by atoms with van der Waals surface area (Å²) in [6.45, 7) is 3.45. The molecule has 1 fully saturated rings. The highest BCUT2D eigenvalue weighted by atomic mass is 127. The minimum absolute atomic E-state index is 0. The molecule has 134 valence electrons. The number of pyridine rings is 1. The van der Waals surface area contributed by atoms with Gasteiger partial charge in [0.2, 0.25) is 0 Å². The van der Waals surface area contributed by atoms with Gasteiger partial charge >= 0.3 is 5.97 Å². The largest absolute Gasteiger partial charge is 1.00 e. The van der Waals surface area contributed by atoms with Gasteiger partial charge in [-0.1, -0.05) is 49.6 Å². The Morgan fingerprint density at radius 3 is 2.52 bits per heavy atom. The molecule has 0 bridgehead atoms. The molecule has 0 unspecified atom stereocenters. The summed E-state index contributed by atoms with van der Waals surface area (Å²) in [5.74, 6) is 0.326. The molecule has 0 N–H and O–H groups in total. The number of esters is 1. The third kappa shape index (κ3) is 5.27. The minimum Gasteiger partial charge on any atom is -1.00 e. The van der Waals surface area contributed by atoms with Gasteiger partial charge in [-0.15, -0.1) is 0 Å². The number of rotatable bonds is 5. The number of carbonyl (C=O) groups is 1. The highest BCUT2D eigenvalue weighted by Gasteiger charge is 2.21. The molecule has 25 heavy (non-hydrogen) atoms. The van der Waals surface area contributed by atoms with E-state index in [2.05, 4.69) is 6.92 Å². The van der Waals surface area contributed by atoms with Crippen molar-refractivity contribution in [2.75, 3.05) is 6.61 Å². The van der Waals surface area contributed by atoms with Crippen LogP contribution in [0.3, 0.4) is 0 Å². The average Bonchev–Trinajstić information content (AvgIpc) is 2.67. The Kier molecular flexibility index (Phi) is 7.88. The lowest BCUT2D eigenvalue weighted by Crippen LogP contribution is -3.00. The van der Waals surface area contributed by atoms with Gasteiger partial charge in [0.1, 0.15) is 12.1 Å². The van der Waals surface area contributed by atoms with Crippen LogP contribution in [0.15, 0.2) is 48.8 Å². The van der Waals surface area contributed by atoms with Crippen molar-refractivity contribution in [3.63, 3.8) is 0 Å². The smallest absolute Gasteiger partial charge is 0.344 e. The van der Waals surface area contributed by atoms with Gasteiger partial charge in [-0.05, 0) is 31.2 Å². The van der Waals surface area contributed by atoms with E-state index < -0.39 is 0 Å². The lowest BCUT2D eigenvalue weighted by atomic mass is 9.90. The van der Waals surface area contributed by atoms with E-state index >= 15 is 0 Å². The van der Waals surface area contributed by atoms with Gasteiger partial charge in [0.25, 0.3) is 0 Å². The van der Waals surface area contributed by atoms with E-state index in [9.17, 15) is 4.79 Å². The minimum atomic E-state index is -0.206. The second kappa shape index (κ2) is 9.90. The molecule has 3 nitrogen and oxygen atoms in total. The quantitative estimate of drug-likeness (QED) is 0.391. The van der Waals surface area contributed by atoms with Gasteiger partial charge in [0.05, 0.1) is 6.61 Å². The predicted octanol–water partition coefficient (Wildman–Crippen LogP) is 1.40. The van der Waals surface area contributed by atoms with E-state index in [1.165, 1.54) is 32.1 Å². The molecule has 1 aliphatic carbocycles. The number of hydrogen-bond acceptors (Lipinski definition) is 2. The van der Waals surface area contributed by atoms with Gasteiger partial charge in [-0.25, -0.2) is 9.36 Å². The molecule has 1 heterocycles. The van der Waals surface area contributed by atoms with Gasteiger partial charge in [0, 0.05) is 11.6 Å². The SMILES string of the molecule is CC[n+]1ccc(-c2ccccc2)c(C(=O)OCC2CCCCC2)c1.[I-]. The molecular weight excluding hydrogens is 425 g/mol. The van der Waals surface area contributed by atoms with Crippen LogP contribution in [-0.4, -0.2) is 12.6 Å². The molecule has 2 aromatic rings. The summed E-state index contributed by atoms with van der Waals surface area (Å²) >= 11 is 0. The van der Waals surface area contributed by atoms with Crippen LogP contribution in [0.1, 0.15) is 49.4 Å². The van der Waals surface area contributed by atoms with Crippen molar-refractivity contribution in [3.8, 4) is 11.1 Å². The maximum atomic E-state index is 12.7. The zero-order valence-corrected chi connectivity index (χ0v) is 16.9. The number of halogens is 1. The molecule has 1 aliphatic rings. The summed E-state index contributed by atoms with van der Waals surface area (Å²) in [6, 6.07) is 12.0. The van der Waals surface area contributed by atoms with Crippen molar-refractivity contribution >= 4 is 5.97 Å². The first-order valence-corrected chi connectivity index (χ1v) is 9.03. The van der Waals surface area contributed by atoms with Crippen LogP contribution in [0, 0.1) is 5.92 Å². The monoisotopic (exact) mass is 451 g/mol. The molecule has 0 saturated heterocycles. The summed E-state index contributed by atoms with van der Waals surface area (Å²) in [4.78, 5) is 12.7. The Morgan fingerprint density at radius 2 is 1.84 bits per heavy atom. The lowest BCUT2D eigenvalue weighted by Gasteiger charge is -2.21. The van der Waals surface area contributed by atoms with E-state index in [0.29, 0.717) is 18.1 Å². The Morgan fingerprint density at radius 1 is 1.12 bits per heavy atom. The number of aromatic nitrogens is 1. The van der Waals surface area contributed by atoms with Gasteiger partial charge in [0.15, 0.2) is 12.4 Å². The molecule has 0 radical (unpaired) electrons. The Balaban J connectivity index is 0.00000225. The van der Waals surface area contributed by atoms with Crippen molar-refractivity contribution < 1.29 is 38.1 Å². The van der Waals surface area contributed by atoms with E-state index in [1.807, 2.05) is 53.4 Å². The van der Waals surface area contributed by atoms with E-state index in [1.54, 1.807) is 0 Å². The van der Waals surface area contributed by atoms with Crippen LogP contribution in [0.5, 0.6) is 0 Å². The zero-order chi connectivity index (χ0) is 16.8. The summed E-state index contributed by atoms with van der Waals surface area (Å²) in [5.41, 5.74) is 2.64. The summed E-state index contributed by atoms with van der Waals surface area (Å²) in [5, 5.41) is 0. The fourth-order valence-electron chi connectivity index (χ4n) is 3.39. The molecule has 0 atom stereocenters. The Bertz CT molecular complexity index is 682. The predicted molar refractivity (Wildman–Crippen MR) is 94.6 cm³/mol. The summed E-state index contributed by atoms with van der Waals surface area (Å²) < 4.78 is 7.69. The normalized spacial score (nSPS) is 14.6. The maximum absolute atomic E-state index is 12.7. The van der Waals surface area contributed by atoms with Gasteiger partial charge in [-0.3, -0.25) is 0 Å². The number of aryl methyl sites for hydroxylation is 1. The number of nitrogens with zero attached hydrogens (tertiary/aromatic N) is 1. The number of hydrogen-bond donors (Lipinski definition) is 0. The highest BCUT2D eigenvalue weighted by molar-refractivity contribution is 5.96. The van der Waals surface area contributed by atoms with Gasteiger partial charge < -0.3 is 28.7 Å². The number of benzene rings is 1.